The van der Waals surface area contributed by atoms with Gasteiger partial charge in [0.2, 0.25) is 7.98 Å². The van der Waals surface area contributed by atoms with Crippen molar-refractivity contribution in [1.29, 1.82) is 0 Å². The molecule has 3 rings (SSSR count). The standard InChI is InChI=1S/C20H22BN3/c1-15-14-17(10-9-16-6-3-2-4-7-16)23-20(15)18(11-12-22)19-8-5-13-24(19)21/h2-10,13-14H,11-12,21-22H2,1H3/b10-9+,20-18-. The van der Waals surface area contributed by atoms with E-state index in [9.17, 15) is 0 Å². The predicted octanol–water partition coefficient (Wildman–Crippen LogP) is 3.06. The van der Waals surface area contributed by atoms with Gasteiger partial charge in [-0.3, -0.25) is 0 Å². The first-order valence-electron chi connectivity index (χ1n) is 8.24. The lowest BCUT2D eigenvalue weighted by atomic mass is 10.0. The molecule has 0 fully saturated rings. The molecular formula is C20H22BN3. The predicted molar refractivity (Wildman–Crippen MR) is 106 cm³/mol. The smallest absolute Gasteiger partial charge is 0.223 e. The van der Waals surface area contributed by atoms with Crippen molar-refractivity contribution in [3.63, 3.8) is 0 Å². The summed E-state index contributed by atoms with van der Waals surface area (Å²) in [4.78, 5) is 4.85. The van der Waals surface area contributed by atoms with E-state index >= 15 is 0 Å². The fourth-order valence-electron chi connectivity index (χ4n) is 2.96. The van der Waals surface area contributed by atoms with E-state index in [2.05, 4.69) is 68.1 Å². The maximum absolute atomic E-state index is 5.84. The highest BCUT2D eigenvalue weighted by Crippen LogP contribution is 2.30. The Labute approximate surface area is 144 Å². The Hall–Kier alpha value is -2.59. The van der Waals surface area contributed by atoms with Crippen molar-refractivity contribution in [3.8, 4) is 0 Å². The van der Waals surface area contributed by atoms with Crippen LogP contribution in [0.4, 0.5) is 0 Å². The molecule has 1 aromatic carbocycles. The molecule has 0 spiro atoms. The average Bonchev–Trinajstić information content (AvgIpc) is 3.18. The molecular weight excluding hydrogens is 293 g/mol. The molecule has 1 aromatic heterocycles. The van der Waals surface area contributed by atoms with Crippen LogP contribution in [0.5, 0.6) is 0 Å². The van der Waals surface area contributed by atoms with E-state index in [-0.39, 0.29) is 0 Å². The van der Waals surface area contributed by atoms with Gasteiger partial charge in [-0.05, 0) is 61.5 Å². The number of hydrogen-bond donors (Lipinski definition) is 1. The highest BCUT2D eigenvalue weighted by Gasteiger charge is 2.16. The molecule has 1 aliphatic heterocycles. The van der Waals surface area contributed by atoms with Gasteiger partial charge >= 0.3 is 0 Å². The van der Waals surface area contributed by atoms with Gasteiger partial charge in [-0.25, -0.2) is 4.99 Å². The summed E-state index contributed by atoms with van der Waals surface area (Å²) in [7, 11) is 2.06. The molecule has 0 saturated carbocycles. The summed E-state index contributed by atoms with van der Waals surface area (Å²) in [5, 5.41) is 0. The van der Waals surface area contributed by atoms with Crippen LogP contribution in [0.15, 0.2) is 77.1 Å². The molecule has 0 aliphatic carbocycles. The van der Waals surface area contributed by atoms with Crippen molar-refractivity contribution in [2.75, 3.05) is 6.54 Å². The Morgan fingerprint density at radius 3 is 2.62 bits per heavy atom. The van der Waals surface area contributed by atoms with E-state index in [4.69, 9.17) is 10.7 Å². The maximum atomic E-state index is 5.84. The van der Waals surface area contributed by atoms with Gasteiger partial charge in [0.15, 0.2) is 0 Å². The molecule has 3 nitrogen and oxygen atoms in total. The minimum Gasteiger partial charge on any atom is -0.399 e. The number of allylic oxidation sites excluding steroid dienone is 3. The monoisotopic (exact) mass is 315 g/mol. The van der Waals surface area contributed by atoms with Crippen molar-refractivity contribution in [1.82, 2.24) is 4.48 Å². The van der Waals surface area contributed by atoms with Crippen LogP contribution in [0.1, 0.15) is 24.6 Å². The van der Waals surface area contributed by atoms with Crippen molar-refractivity contribution in [2.24, 2.45) is 10.7 Å². The molecule has 0 radical (unpaired) electrons. The minimum atomic E-state index is 0.613. The van der Waals surface area contributed by atoms with Crippen LogP contribution in [-0.4, -0.2) is 24.7 Å². The summed E-state index contributed by atoms with van der Waals surface area (Å²) >= 11 is 0. The molecule has 0 amide bonds. The number of nitrogens with two attached hydrogens (primary N) is 1. The van der Waals surface area contributed by atoms with E-state index in [1.165, 1.54) is 22.4 Å². The van der Waals surface area contributed by atoms with Crippen LogP contribution in [-0.2, 0) is 0 Å². The van der Waals surface area contributed by atoms with Gasteiger partial charge < -0.3 is 10.2 Å². The lowest BCUT2D eigenvalue weighted by Gasteiger charge is -2.11. The largest absolute Gasteiger partial charge is 0.399 e. The van der Waals surface area contributed by atoms with E-state index in [1.807, 2.05) is 18.2 Å². The Kier molecular flexibility index (Phi) is 4.97. The number of nitrogens with zero attached hydrogens (tertiary/aromatic N) is 2. The van der Waals surface area contributed by atoms with E-state index in [1.54, 1.807) is 0 Å². The van der Waals surface area contributed by atoms with Gasteiger partial charge in [0.25, 0.3) is 0 Å². The van der Waals surface area contributed by atoms with E-state index in [0.29, 0.717) is 6.54 Å². The highest BCUT2D eigenvalue weighted by atomic mass is 14.9. The third-order valence-corrected chi connectivity index (χ3v) is 4.16. The zero-order valence-electron chi connectivity index (χ0n) is 14.2. The second-order valence-corrected chi connectivity index (χ2v) is 5.98. The molecule has 0 saturated heterocycles. The van der Waals surface area contributed by atoms with Gasteiger partial charge in [0, 0.05) is 11.3 Å². The van der Waals surface area contributed by atoms with E-state index in [0.717, 1.165) is 17.8 Å². The summed E-state index contributed by atoms with van der Waals surface area (Å²) in [5.41, 5.74) is 12.6. The average molecular weight is 315 g/mol. The Morgan fingerprint density at radius 2 is 1.96 bits per heavy atom. The third-order valence-electron chi connectivity index (χ3n) is 4.16. The molecule has 0 atom stereocenters. The van der Waals surface area contributed by atoms with Crippen LogP contribution in [0.25, 0.3) is 11.6 Å². The zero-order valence-corrected chi connectivity index (χ0v) is 14.2. The fourth-order valence-corrected chi connectivity index (χ4v) is 2.96. The number of rotatable bonds is 5. The first-order chi connectivity index (χ1) is 11.7. The van der Waals surface area contributed by atoms with Crippen LogP contribution < -0.4 is 5.73 Å². The van der Waals surface area contributed by atoms with Gasteiger partial charge in [-0.2, -0.15) is 0 Å². The molecule has 1 aliphatic rings. The van der Waals surface area contributed by atoms with Gasteiger partial charge in [-0.15, -0.1) is 0 Å². The summed E-state index contributed by atoms with van der Waals surface area (Å²) in [6.07, 6.45) is 9.17. The molecule has 0 unspecified atom stereocenters. The Morgan fingerprint density at radius 1 is 1.17 bits per heavy atom. The number of aromatic nitrogens is 1. The lowest BCUT2D eigenvalue weighted by molar-refractivity contribution is 0.997. The van der Waals surface area contributed by atoms with Crippen LogP contribution >= 0.6 is 0 Å². The molecule has 2 heterocycles. The number of hydrogen-bond acceptors (Lipinski definition) is 2. The van der Waals surface area contributed by atoms with Crippen molar-refractivity contribution < 1.29 is 0 Å². The third kappa shape index (κ3) is 3.49. The van der Waals surface area contributed by atoms with Gasteiger partial charge in [0.05, 0.1) is 11.4 Å². The number of aliphatic imine (C=N–C) groups is 1. The quantitative estimate of drug-likeness (QED) is 0.847. The lowest BCUT2D eigenvalue weighted by Crippen LogP contribution is -2.05. The molecule has 24 heavy (non-hydrogen) atoms. The van der Waals surface area contributed by atoms with Crippen molar-refractivity contribution in [2.45, 2.75) is 13.3 Å². The van der Waals surface area contributed by atoms with Gasteiger partial charge in [-0.1, -0.05) is 36.4 Å². The summed E-state index contributed by atoms with van der Waals surface area (Å²) in [6, 6.07) is 14.5. The topological polar surface area (TPSA) is 43.3 Å². The maximum Gasteiger partial charge on any atom is 0.223 e. The first-order valence-corrected chi connectivity index (χ1v) is 8.24. The molecule has 2 N–H and O–H groups in total. The number of benzene rings is 1. The molecule has 4 heteroatoms. The van der Waals surface area contributed by atoms with E-state index < -0.39 is 0 Å². The second kappa shape index (κ2) is 7.32. The molecule has 2 aromatic rings. The van der Waals surface area contributed by atoms with Crippen molar-refractivity contribution >= 4 is 25.3 Å². The summed E-state index contributed by atoms with van der Waals surface area (Å²) in [5.74, 6) is 0. The fraction of sp³-hybridized carbons (Fsp3) is 0.150. The second-order valence-electron chi connectivity index (χ2n) is 5.98. The summed E-state index contributed by atoms with van der Waals surface area (Å²) < 4.78 is 2.12. The minimum absolute atomic E-state index is 0.613. The van der Waals surface area contributed by atoms with Crippen LogP contribution in [0, 0.1) is 0 Å². The Balaban J connectivity index is 1.96. The van der Waals surface area contributed by atoms with Gasteiger partial charge in [0.1, 0.15) is 0 Å². The Bertz CT molecular complexity index is 839. The first kappa shape index (κ1) is 16.3. The van der Waals surface area contributed by atoms with Crippen LogP contribution in [0.3, 0.4) is 0 Å². The summed E-state index contributed by atoms with van der Waals surface area (Å²) in [6.45, 7) is 2.73. The SMILES string of the molecule is Bn1cccc1/C(CCN)=C1N=C(/C=C/c2ccccc2)C=C\1C. The highest BCUT2D eigenvalue weighted by molar-refractivity contribution is 6.11. The zero-order chi connectivity index (χ0) is 16.9. The van der Waals surface area contributed by atoms with Crippen LogP contribution in [0.2, 0.25) is 0 Å². The molecule has 0 bridgehead atoms. The van der Waals surface area contributed by atoms with Crippen molar-refractivity contribution in [3.05, 3.63) is 83.3 Å². The normalized spacial score (nSPS) is 16.4. The molecule has 120 valence electrons.